The lowest BCUT2D eigenvalue weighted by molar-refractivity contribution is -0.142. The molecule has 18 heavy (non-hydrogen) atoms. The summed E-state index contributed by atoms with van der Waals surface area (Å²) in [5, 5.41) is 9.59. The van der Waals surface area contributed by atoms with Crippen LogP contribution in [0.15, 0.2) is 18.2 Å². The van der Waals surface area contributed by atoms with Crippen molar-refractivity contribution in [2.24, 2.45) is 5.73 Å². The molecule has 3 N–H and O–H groups in total. The second-order valence-electron chi connectivity index (χ2n) is 4.45. The standard InChI is InChI=1S/C12H15ClN2O3/c1-12(2,11(17)18)15(3)9-6-7(13)4-5-8(9)10(14)16/h4-6H,1-3H3,(H2,14,16)(H,17,18). The third kappa shape index (κ3) is 2.56. The number of carbonyl (C=O) groups excluding carboxylic acids is 1. The lowest BCUT2D eigenvalue weighted by Crippen LogP contribution is -2.48. The molecule has 1 aromatic carbocycles. The molecule has 0 bridgehead atoms. The van der Waals surface area contributed by atoms with Crippen LogP contribution in [0.25, 0.3) is 0 Å². The van der Waals surface area contributed by atoms with E-state index in [1.807, 2.05) is 0 Å². The number of aliphatic carboxylic acids is 1. The van der Waals surface area contributed by atoms with E-state index in [1.54, 1.807) is 7.05 Å². The number of primary amides is 1. The van der Waals surface area contributed by atoms with Crippen molar-refractivity contribution in [1.82, 2.24) is 0 Å². The second kappa shape index (κ2) is 4.86. The van der Waals surface area contributed by atoms with E-state index in [1.165, 1.54) is 36.9 Å². The van der Waals surface area contributed by atoms with E-state index in [-0.39, 0.29) is 5.56 Å². The van der Waals surface area contributed by atoms with Gasteiger partial charge < -0.3 is 15.7 Å². The quantitative estimate of drug-likeness (QED) is 0.873. The van der Waals surface area contributed by atoms with E-state index in [2.05, 4.69) is 0 Å². The number of benzene rings is 1. The maximum absolute atomic E-state index is 11.3. The molecule has 0 atom stereocenters. The van der Waals surface area contributed by atoms with Crippen molar-refractivity contribution in [2.45, 2.75) is 19.4 Å². The van der Waals surface area contributed by atoms with Gasteiger partial charge in [0.1, 0.15) is 5.54 Å². The zero-order valence-corrected chi connectivity index (χ0v) is 11.2. The van der Waals surface area contributed by atoms with Gasteiger partial charge in [0.15, 0.2) is 0 Å². The number of nitrogens with two attached hydrogens (primary N) is 1. The number of carboxylic acids is 1. The topological polar surface area (TPSA) is 83.6 Å². The van der Waals surface area contributed by atoms with Gasteiger partial charge in [-0.15, -0.1) is 0 Å². The summed E-state index contributed by atoms with van der Waals surface area (Å²) in [5.41, 5.74) is 4.70. The van der Waals surface area contributed by atoms with E-state index in [0.717, 1.165) is 0 Å². The van der Waals surface area contributed by atoms with E-state index in [0.29, 0.717) is 10.7 Å². The number of halogens is 1. The Morgan fingerprint density at radius 3 is 2.39 bits per heavy atom. The molecule has 0 aromatic heterocycles. The molecule has 98 valence electrons. The van der Waals surface area contributed by atoms with Gasteiger partial charge in [-0.1, -0.05) is 11.6 Å². The minimum Gasteiger partial charge on any atom is -0.480 e. The van der Waals surface area contributed by atoms with Gasteiger partial charge in [0.05, 0.1) is 11.3 Å². The number of rotatable bonds is 4. The fourth-order valence-corrected chi connectivity index (χ4v) is 1.60. The van der Waals surface area contributed by atoms with Crippen LogP contribution in [0.5, 0.6) is 0 Å². The highest BCUT2D eigenvalue weighted by Crippen LogP contribution is 2.29. The fourth-order valence-electron chi connectivity index (χ4n) is 1.44. The number of likely N-dealkylation sites (N-methyl/N-ethyl adjacent to an activating group) is 1. The number of hydrogen-bond acceptors (Lipinski definition) is 3. The first kappa shape index (κ1) is 14.3. The number of nitrogens with zero attached hydrogens (tertiary/aromatic N) is 1. The van der Waals surface area contributed by atoms with Gasteiger partial charge in [-0.2, -0.15) is 0 Å². The van der Waals surface area contributed by atoms with Crippen LogP contribution in [0.4, 0.5) is 5.69 Å². The molecule has 6 heteroatoms. The van der Waals surface area contributed by atoms with Gasteiger partial charge in [-0.05, 0) is 32.0 Å². The Labute approximate surface area is 110 Å². The highest BCUT2D eigenvalue weighted by Gasteiger charge is 2.33. The molecule has 5 nitrogen and oxygen atoms in total. The van der Waals surface area contributed by atoms with E-state index < -0.39 is 17.4 Å². The molecule has 0 spiro atoms. The smallest absolute Gasteiger partial charge is 0.328 e. The molecule has 0 heterocycles. The minimum absolute atomic E-state index is 0.233. The average Bonchev–Trinajstić information content (AvgIpc) is 2.27. The van der Waals surface area contributed by atoms with Gasteiger partial charge in [0.2, 0.25) is 0 Å². The molecular formula is C12H15ClN2O3. The van der Waals surface area contributed by atoms with Crippen LogP contribution in [0.3, 0.4) is 0 Å². The summed E-state index contributed by atoms with van der Waals surface area (Å²) in [6.45, 7) is 3.06. The number of anilines is 1. The van der Waals surface area contributed by atoms with E-state index >= 15 is 0 Å². The Kier molecular flexibility index (Phi) is 3.86. The Morgan fingerprint density at radius 2 is 1.94 bits per heavy atom. The monoisotopic (exact) mass is 270 g/mol. The molecule has 0 aliphatic heterocycles. The summed E-state index contributed by atoms with van der Waals surface area (Å²) in [6.07, 6.45) is 0. The first-order valence-corrected chi connectivity index (χ1v) is 5.62. The van der Waals surface area contributed by atoms with Crippen molar-refractivity contribution >= 4 is 29.2 Å². The molecule has 0 fully saturated rings. The summed E-state index contributed by atoms with van der Waals surface area (Å²) in [4.78, 5) is 24.0. The molecular weight excluding hydrogens is 256 g/mol. The summed E-state index contributed by atoms with van der Waals surface area (Å²) in [5.74, 6) is -1.64. The largest absolute Gasteiger partial charge is 0.480 e. The maximum Gasteiger partial charge on any atom is 0.328 e. The van der Waals surface area contributed by atoms with E-state index in [4.69, 9.17) is 17.3 Å². The summed E-state index contributed by atoms with van der Waals surface area (Å²) in [7, 11) is 1.58. The predicted molar refractivity (Wildman–Crippen MR) is 70.1 cm³/mol. The Hall–Kier alpha value is -1.75. The van der Waals surface area contributed by atoms with E-state index in [9.17, 15) is 14.7 Å². The third-order valence-electron chi connectivity index (χ3n) is 2.95. The molecule has 0 unspecified atom stereocenters. The van der Waals surface area contributed by atoms with Crippen LogP contribution in [-0.2, 0) is 4.79 Å². The van der Waals surface area contributed by atoms with Crippen LogP contribution in [-0.4, -0.2) is 29.6 Å². The van der Waals surface area contributed by atoms with Gasteiger partial charge in [-0.3, -0.25) is 4.79 Å². The minimum atomic E-state index is -1.19. The van der Waals surface area contributed by atoms with Crippen LogP contribution < -0.4 is 10.6 Å². The zero-order chi connectivity index (χ0) is 14.1. The molecule has 0 radical (unpaired) electrons. The van der Waals surface area contributed by atoms with Crippen molar-refractivity contribution in [3.8, 4) is 0 Å². The molecule has 0 aliphatic rings. The molecule has 1 rings (SSSR count). The highest BCUT2D eigenvalue weighted by atomic mass is 35.5. The van der Waals surface area contributed by atoms with Crippen molar-refractivity contribution < 1.29 is 14.7 Å². The van der Waals surface area contributed by atoms with Crippen molar-refractivity contribution in [3.05, 3.63) is 28.8 Å². The van der Waals surface area contributed by atoms with Crippen LogP contribution in [0.2, 0.25) is 5.02 Å². The van der Waals surface area contributed by atoms with Gasteiger partial charge in [0.25, 0.3) is 5.91 Å². The van der Waals surface area contributed by atoms with Crippen molar-refractivity contribution in [3.63, 3.8) is 0 Å². The second-order valence-corrected chi connectivity index (χ2v) is 4.89. The summed E-state index contributed by atoms with van der Waals surface area (Å²) < 4.78 is 0. The fraction of sp³-hybridized carbons (Fsp3) is 0.333. The Morgan fingerprint density at radius 1 is 1.39 bits per heavy atom. The van der Waals surface area contributed by atoms with Gasteiger partial charge >= 0.3 is 5.97 Å². The lowest BCUT2D eigenvalue weighted by Gasteiger charge is -2.34. The zero-order valence-electron chi connectivity index (χ0n) is 10.4. The first-order chi connectivity index (χ1) is 8.17. The van der Waals surface area contributed by atoms with Crippen molar-refractivity contribution in [2.75, 3.05) is 11.9 Å². The molecule has 1 amide bonds. The lowest BCUT2D eigenvalue weighted by atomic mass is 10.0. The van der Waals surface area contributed by atoms with Crippen molar-refractivity contribution in [1.29, 1.82) is 0 Å². The van der Waals surface area contributed by atoms with Crippen LogP contribution in [0, 0.1) is 0 Å². The maximum atomic E-state index is 11.3. The Bertz CT molecular complexity index is 500. The van der Waals surface area contributed by atoms with Gasteiger partial charge in [-0.25, -0.2) is 4.79 Å². The average molecular weight is 271 g/mol. The number of carbonyl (C=O) groups is 2. The van der Waals surface area contributed by atoms with Crippen LogP contribution in [0.1, 0.15) is 24.2 Å². The number of hydrogen-bond donors (Lipinski definition) is 2. The molecule has 0 aliphatic carbocycles. The summed E-state index contributed by atoms with van der Waals surface area (Å²) in [6, 6.07) is 4.54. The van der Waals surface area contributed by atoms with Crippen LogP contribution >= 0.6 is 11.6 Å². The molecule has 1 aromatic rings. The Balaban J connectivity index is 3.36. The van der Waals surface area contributed by atoms with Gasteiger partial charge in [0, 0.05) is 12.1 Å². The summed E-state index contributed by atoms with van der Waals surface area (Å²) >= 11 is 5.87. The SMILES string of the molecule is CN(c1cc(Cl)ccc1C(N)=O)C(C)(C)C(=O)O. The normalized spacial score (nSPS) is 11.1. The highest BCUT2D eigenvalue weighted by molar-refractivity contribution is 6.31. The first-order valence-electron chi connectivity index (χ1n) is 5.24. The molecule has 0 saturated heterocycles. The number of amides is 1. The predicted octanol–water partition coefficient (Wildman–Crippen LogP) is 1.74. The third-order valence-corrected chi connectivity index (χ3v) is 3.18. The number of carboxylic acid groups (broad SMARTS) is 1. The molecule has 0 saturated carbocycles.